The van der Waals surface area contributed by atoms with Crippen LogP contribution in [0.1, 0.15) is 49.8 Å². The molecular formula is C41H37Br3Cl6MgN4O4. The summed E-state index contributed by atoms with van der Waals surface area (Å²) in [5, 5.41) is 13.2. The zero-order valence-corrected chi connectivity index (χ0v) is 42.9. The van der Waals surface area contributed by atoms with Crippen molar-refractivity contribution >= 4 is 130 Å². The van der Waals surface area contributed by atoms with E-state index in [0.29, 0.717) is 70.0 Å². The predicted octanol–water partition coefficient (Wildman–Crippen LogP) is 10.8. The average Bonchev–Trinajstić information content (AvgIpc) is 3.92. The van der Waals surface area contributed by atoms with Crippen LogP contribution in [0.3, 0.4) is 0 Å². The van der Waals surface area contributed by atoms with Gasteiger partial charge in [0.2, 0.25) is 0 Å². The first-order chi connectivity index (χ1) is 26.6. The van der Waals surface area contributed by atoms with Crippen LogP contribution in [0.4, 0.5) is 0 Å². The summed E-state index contributed by atoms with van der Waals surface area (Å²) in [4.78, 5) is 21.2. The van der Waals surface area contributed by atoms with E-state index >= 15 is 0 Å². The van der Waals surface area contributed by atoms with Gasteiger partial charge in [-0.2, -0.15) is 0 Å². The van der Waals surface area contributed by atoms with Crippen LogP contribution in [0.25, 0.3) is 34.2 Å². The first-order valence-electron chi connectivity index (χ1n) is 17.1. The van der Waals surface area contributed by atoms with Crippen molar-refractivity contribution in [3.05, 3.63) is 143 Å². The van der Waals surface area contributed by atoms with Crippen LogP contribution in [0.15, 0.2) is 94.1 Å². The smallest absolute Gasteiger partial charge is 1.00 e. The maximum absolute atomic E-state index is 12.2. The third kappa shape index (κ3) is 13.8. The molecule has 7 rings (SSSR count). The van der Waals surface area contributed by atoms with Crippen molar-refractivity contribution in [2.45, 2.75) is 39.2 Å². The molecule has 8 nitrogen and oxygen atoms in total. The topological polar surface area (TPSA) is 91.4 Å². The number of ether oxygens (including phenoxy) is 2. The van der Waals surface area contributed by atoms with Crippen LogP contribution >= 0.6 is 101 Å². The van der Waals surface area contributed by atoms with Gasteiger partial charge in [0.1, 0.15) is 17.2 Å². The van der Waals surface area contributed by atoms with E-state index in [1.807, 2.05) is 18.2 Å². The number of imidazole rings is 2. The molecule has 1 saturated heterocycles. The van der Waals surface area contributed by atoms with Crippen molar-refractivity contribution in [1.82, 2.24) is 19.1 Å². The van der Waals surface area contributed by atoms with Crippen LogP contribution in [0.5, 0.6) is 0 Å². The molecule has 0 saturated carbocycles. The fourth-order valence-corrected chi connectivity index (χ4v) is 8.04. The molecule has 1 aliphatic heterocycles. The normalized spacial score (nSPS) is 11.8. The van der Waals surface area contributed by atoms with Crippen LogP contribution in [-0.4, -0.2) is 73.1 Å². The van der Waals surface area contributed by atoms with Gasteiger partial charge in [-0.25, -0.2) is 14.8 Å². The van der Waals surface area contributed by atoms with E-state index in [1.54, 1.807) is 96.9 Å². The molecular weight excluding hydrogens is 1090 g/mol. The van der Waals surface area contributed by atoms with E-state index in [2.05, 4.69) is 41.8 Å². The summed E-state index contributed by atoms with van der Waals surface area (Å²) < 4.78 is 15.1. The largest absolute Gasteiger partial charge is 2.00 e. The van der Waals surface area contributed by atoms with Crippen molar-refractivity contribution in [2.24, 2.45) is 0 Å². The maximum Gasteiger partial charge on any atom is 2.00 e. The molecule has 2 aromatic heterocycles. The Morgan fingerprint density at radius 2 is 1.17 bits per heavy atom. The Morgan fingerprint density at radius 3 is 1.54 bits per heavy atom. The number of carbonyl (C=O) groups excluding carboxylic acids is 1. The number of hydrogen-bond acceptors (Lipinski definition) is 6. The number of esters is 1. The SMILES string of the molecule is C1CCOC1.CC(C)(O)c1cn(-c2c(Cl)cccc2Cl)c(-c2ccc(Br)cc2Cl)n1.CCOC(=O)c1cn(-c2c(Cl)cccc2Cl)c(-c2ccc(Br)cc2Cl)n1.[Br-].[CH3-].[Mg+2]. The molecule has 0 bridgehead atoms. The number of benzene rings is 4. The number of aromatic nitrogens is 4. The fourth-order valence-electron chi connectivity index (χ4n) is 5.37. The molecule has 0 radical (unpaired) electrons. The first kappa shape index (κ1) is 53.8. The van der Waals surface area contributed by atoms with Gasteiger partial charge in [-0.3, -0.25) is 9.13 Å². The Labute approximate surface area is 418 Å². The standard InChI is InChI=1S/C18H12BrCl3N2O2.C18H14BrCl3N2O.C4H8O.CH3.BrH.Mg/c1-2-26-18(25)15-9-24(16-12(20)4-3-5-13(16)21)17(23-15)11-7-6-10(19)8-14(11)22;1-18(2,25)15-9-24(16-12(20)4-3-5-13(16)21)17(23-15)11-7-6-10(19)8-14(11)22;1-2-4-5-3-1;;;/h3-9H,2H2,1H3;3-9,25H,1-2H3;1-4H2;1H3;1H;/q;;;-1;;+2/p-1. The minimum atomic E-state index is -1.13. The monoisotopic (exact) mass is 1120 g/mol. The Balaban J connectivity index is 0.000000347. The van der Waals surface area contributed by atoms with Crippen LogP contribution in [0.2, 0.25) is 30.1 Å². The van der Waals surface area contributed by atoms with E-state index in [9.17, 15) is 9.90 Å². The molecule has 0 spiro atoms. The predicted molar refractivity (Wildman–Crippen MR) is 247 cm³/mol. The van der Waals surface area contributed by atoms with Crippen molar-refractivity contribution in [3.63, 3.8) is 0 Å². The van der Waals surface area contributed by atoms with Crippen LogP contribution in [0, 0.1) is 7.43 Å². The zero-order chi connectivity index (χ0) is 40.7. The molecule has 6 aromatic rings. The quantitative estimate of drug-likeness (QED) is 0.0973. The van der Waals surface area contributed by atoms with Gasteiger partial charge < -0.3 is 39.0 Å². The maximum atomic E-state index is 12.2. The summed E-state index contributed by atoms with van der Waals surface area (Å²) in [6.45, 7) is 7.31. The number of rotatable bonds is 7. The molecule has 59 heavy (non-hydrogen) atoms. The molecule has 0 unspecified atom stereocenters. The molecule has 310 valence electrons. The number of carbonyl (C=O) groups is 1. The van der Waals surface area contributed by atoms with Gasteiger partial charge in [-0.05, 0) is 94.3 Å². The van der Waals surface area contributed by atoms with Gasteiger partial charge in [0.15, 0.2) is 5.69 Å². The Hall–Kier alpha value is -1.36. The van der Waals surface area contributed by atoms with Crippen molar-refractivity contribution < 1.29 is 36.4 Å². The van der Waals surface area contributed by atoms with Crippen molar-refractivity contribution in [1.29, 1.82) is 0 Å². The Bertz CT molecular complexity index is 2300. The molecule has 18 heteroatoms. The summed E-state index contributed by atoms with van der Waals surface area (Å²) in [6.07, 6.45) is 5.82. The summed E-state index contributed by atoms with van der Waals surface area (Å²) in [5.41, 5.74) is 1.91. The number of aliphatic hydroxyl groups is 1. The molecule has 1 fully saturated rings. The number of para-hydroxylation sites is 2. The summed E-state index contributed by atoms with van der Waals surface area (Å²) in [7, 11) is 0. The van der Waals surface area contributed by atoms with Gasteiger partial charge in [0, 0.05) is 45.7 Å². The molecule has 4 aromatic carbocycles. The second-order valence-electron chi connectivity index (χ2n) is 12.6. The van der Waals surface area contributed by atoms with Crippen molar-refractivity contribution in [2.75, 3.05) is 19.8 Å². The van der Waals surface area contributed by atoms with E-state index in [0.717, 1.165) is 22.2 Å². The molecule has 0 amide bonds. The zero-order valence-electron chi connectivity index (χ0n) is 32.2. The third-order valence-corrected chi connectivity index (χ3v) is 10.9. The summed E-state index contributed by atoms with van der Waals surface area (Å²) >= 11 is 45.0. The number of hydrogen-bond donors (Lipinski definition) is 1. The first-order valence-corrected chi connectivity index (χ1v) is 20.9. The molecule has 0 atom stereocenters. The Morgan fingerprint density at radius 1 is 0.746 bits per heavy atom. The second-order valence-corrected chi connectivity index (χ2v) is 16.9. The minimum Gasteiger partial charge on any atom is -1.00 e. The molecule has 1 N–H and O–H groups in total. The molecule has 1 aliphatic rings. The second kappa shape index (κ2) is 24.5. The van der Waals surface area contributed by atoms with Crippen LogP contribution < -0.4 is 17.0 Å². The van der Waals surface area contributed by atoms with E-state index in [1.165, 1.54) is 12.8 Å². The van der Waals surface area contributed by atoms with Crippen LogP contribution in [-0.2, 0) is 15.1 Å². The molecule has 0 aliphatic carbocycles. The minimum absolute atomic E-state index is 0. The van der Waals surface area contributed by atoms with Gasteiger partial charge in [0.05, 0.1) is 53.8 Å². The van der Waals surface area contributed by atoms with Gasteiger partial charge in [0.25, 0.3) is 0 Å². The van der Waals surface area contributed by atoms with E-state index in [4.69, 9.17) is 79.1 Å². The molecule has 3 heterocycles. The third-order valence-electron chi connectivity index (χ3n) is 8.05. The summed E-state index contributed by atoms with van der Waals surface area (Å²) in [5.74, 6) is 0.439. The fraction of sp³-hybridized carbons (Fsp3) is 0.220. The van der Waals surface area contributed by atoms with Gasteiger partial charge >= 0.3 is 29.0 Å². The van der Waals surface area contributed by atoms with E-state index < -0.39 is 11.6 Å². The van der Waals surface area contributed by atoms with Gasteiger partial charge in [-0.15, -0.1) is 0 Å². The van der Waals surface area contributed by atoms with Gasteiger partial charge in [-0.1, -0.05) is 114 Å². The number of halogens is 9. The summed E-state index contributed by atoms with van der Waals surface area (Å²) in [6, 6.07) is 21.3. The Kier molecular flexibility index (Phi) is 22.3. The van der Waals surface area contributed by atoms with Crippen molar-refractivity contribution in [3.8, 4) is 34.2 Å². The van der Waals surface area contributed by atoms with E-state index in [-0.39, 0.29) is 59.8 Å². The average molecular weight is 1130 g/mol. The number of nitrogens with zero attached hydrogens (tertiary/aromatic N) is 4.